The highest BCUT2D eigenvalue weighted by Gasteiger charge is 2.21. The zero-order valence-corrected chi connectivity index (χ0v) is 33.8. The topological polar surface area (TPSA) is 119 Å². The van der Waals surface area contributed by atoms with E-state index < -0.39 is 18.6 Å². The normalized spacial score (nSPS) is 11.8. The maximum Gasteiger partial charge on any atom is 0.305 e. The lowest BCUT2D eigenvalue weighted by molar-refractivity contribution is -0.148. The summed E-state index contributed by atoms with van der Waals surface area (Å²) in [6.45, 7) is 4.44. The van der Waals surface area contributed by atoms with E-state index in [9.17, 15) is 19.5 Å². The Labute approximate surface area is 315 Å². The molecule has 0 saturated heterocycles. The molecule has 51 heavy (non-hydrogen) atoms. The number of nitrogens with zero attached hydrogens (tertiary/aromatic N) is 1. The van der Waals surface area contributed by atoms with Crippen LogP contribution in [-0.4, -0.2) is 66.8 Å². The molecule has 0 radical (unpaired) electrons. The van der Waals surface area contributed by atoms with Crippen LogP contribution in [-0.2, 0) is 23.9 Å². The van der Waals surface area contributed by atoms with Crippen LogP contribution in [0.1, 0.15) is 219 Å². The van der Waals surface area contributed by atoms with Gasteiger partial charge in [0.25, 0.3) is 0 Å². The number of unbranched alkanes of at least 4 members (excludes halogenated alkanes) is 28. The van der Waals surface area contributed by atoms with Crippen molar-refractivity contribution in [2.45, 2.75) is 225 Å². The molecule has 3 N–H and O–H groups in total. The second-order valence-electron chi connectivity index (χ2n) is 15.0. The molecule has 0 aliphatic heterocycles. The van der Waals surface area contributed by atoms with Crippen molar-refractivity contribution in [3.63, 3.8) is 0 Å². The fourth-order valence-electron chi connectivity index (χ4n) is 6.61. The molecular weight excluding hydrogens is 640 g/mol. The van der Waals surface area contributed by atoms with Gasteiger partial charge in [0.1, 0.15) is 19.3 Å². The van der Waals surface area contributed by atoms with E-state index in [0.717, 1.165) is 38.5 Å². The predicted molar refractivity (Wildman–Crippen MR) is 213 cm³/mol. The lowest BCUT2D eigenvalue weighted by Crippen LogP contribution is -2.48. The van der Waals surface area contributed by atoms with Crippen LogP contribution in [0.15, 0.2) is 0 Å². The Bertz CT molecular complexity index is 728. The summed E-state index contributed by atoms with van der Waals surface area (Å²) in [5.74, 6) is -0.980. The molecule has 0 bridgehead atoms. The fourth-order valence-corrected chi connectivity index (χ4v) is 6.61. The summed E-state index contributed by atoms with van der Waals surface area (Å²) in [6, 6.07) is -1.06. The quantitative estimate of drug-likeness (QED) is 0.0477. The van der Waals surface area contributed by atoms with Crippen LogP contribution < -0.4 is 5.73 Å². The molecule has 0 rings (SSSR count). The zero-order valence-electron chi connectivity index (χ0n) is 33.8. The van der Waals surface area contributed by atoms with Gasteiger partial charge in [-0.1, -0.05) is 194 Å². The monoisotopic (exact) mass is 725 g/mol. The summed E-state index contributed by atoms with van der Waals surface area (Å²) in [7, 11) is 0. The molecule has 1 atom stereocenters. The van der Waals surface area contributed by atoms with E-state index in [1.54, 1.807) is 0 Å². The molecule has 0 heterocycles. The van der Waals surface area contributed by atoms with Crippen LogP contribution in [0.3, 0.4) is 0 Å². The molecule has 1 amide bonds. The number of esters is 2. The Morgan fingerprint density at radius 3 is 0.980 bits per heavy atom. The molecule has 0 fully saturated rings. The molecular formula is C43H84N2O6. The highest BCUT2D eigenvalue weighted by molar-refractivity contribution is 5.81. The average molecular weight is 725 g/mol. The van der Waals surface area contributed by atoms with Gasteiger partial charge in [-0.3, -0.25) is 14.4 Å². The number of hydrogen-bond acceptors (Lipinski definition) is 7. The van der Waals surface area contributed by atoms with Crippen molar-refractivity contribution in [3.8, 4) is 0 Å². The Kier molecular flexibility index (Phi) is 38.2. The van der Waals surface area contributed by atoms with Gasteiger partial charge in [0.15, 0.2) is 0 Å². The summed E-state index contributed by atoms with van der Waals surface area (Å²) in [5.41, 5.74) is 5.76. The van der Waals surface area contributed by atoms with E-state index in [1.807, 2.05) is 0 Å². The largest absolute Gasteiger partial charge is 0.464 e. The zero-order chi connectivity index (χ0) is 37.5. The van der Waals surface area contributed by atoms with Gasteiger partial charge < -0.3 is 25.2 Å². The van der Waals surface area contributed by atoms with Crippen LogP contribution in [0.2, 0.25) is 0 Å². The highest BCUT2D eigenvalue weighted by Crippen LogP contribution is 2.15. The molecule has 0 aromatic carbocycles. The number of nitrogens with two attached hydrogens (primary N) is 1. The SMILES string of the molecule is CCCCCCCCCCCCCCCCCC(=O)OCCN(CCOC(=O)CCCCCCCCCCCCCCCCC)C(=O)C(N)CO. The van der Waals surface area contributed by atoms with E-state index in [0.29, 0.717) is 12.8 Å². The standard InChI is InChI=1S/C43H84N2O6/c1-3-5-7-9-11-13-15-17-19-21-23-25-27-29-31-33-41(47)50-37-35-45(43(49)40(44)39-46)36-38-51-42(48)34-32-30-28-26-24-22-20-18-16-14-12-10-8-6-4-2/h40,46H,3-39,44H2,1-2H3. The maximum atomic E-state index is 12.6. The number of rotatable bonds is 40. The molecule has 0 aliphatic carbocycles. The fraction of sp³-hybridized carbons (Fsp3) is 0.930. The lowest BCUT2D eigenvalue weighted by atomic mass is 10.0. The van der Waals surface area contributed by atoms with Crippen molar-refractivity contribution in [3.05, 3.63) is 0 Å². The van der Waals surface area contributed by atoms with E-state index in [2.05, 4.69) is 13.8 Å². The van der Waals surface area contributed by atoms with Crippen molar-refractivity contribution in [1.29, 1.82) is 0 Å². The third-order valence-corrected chi connectivity index (χ3v) is 10.0. The molecule has 0 spiro atoms. The second kappa shape index (κ2) is 39.5. The van der Waals surface area contributed by atoms with Gasteiger partial charge in [-0.2, -0.15) is 0 Å². The molecule has 302 valence electrons. The molecule has 8 nitrogen and oxygen atoms in total. The highest BCUT2D eigenvalue weighted by atomic mass is 16.5. The number of carbonyl (C=O) groups excluding carboxylic acids is 3. The number of aliphatic hydroxyl groups is 1. The van der Waals surface area contributed by atoms with Gasteiger partial charge in [-0.15, -0.1) is 0 Å². The predicted octanol–water partition coefficient (Wildman–Crippen LogP) is 10.7. The Balaban J connectivity index is 3.86. The summed E-state index contributed by atoms with van der Waals surface area (Å²) >= 11 is 0. The van der Waals surface area contributed by atoms with Crippen molar-refractivity contribution in [2.24, 2.45) is 5.73 Å². The van der Waals surface area contributed by atoms with Gasteiger partial charge in [0, 0.05) is 12.8 Å². The van der Waals surface area contributed by atoms with Gasteiger partial charge >= 0.3 is 11.9 Å². The number of hydrogen-bond donors (Lipinski definition) is 2. The third-order valence-electron chi connectivity index (χ3n) is 10.0. The average Bonchev–Trinajstić information content (AvgIpc) is 3.13. The second-order valence-corrected chi connectivity index (χ2v) is 15.0. The van der Waals surface area contributed by atoms with Crippen molar-refractivity contribution < 1.29 is 29.0 Å². The Morgan fingerprint density at radius 2 is 0.725 bits per heavy atom. The minimum absolute atomic E-state index is 0.0501. The van der Waals surface area contributed by atoms with Crippen LogP contribution in [0.5, 0.6) is 0 Å². The smallest absolute Gasteiger partial charge is 0.305 e. The molecule has 0 saturated carbocycles. The summed E-state index contributed by atoms with van der Waals surface area (Å²) in [5, 5.41) is 9.36. The summed E-state index contributed by atoms with van der Waals surface area (Å²) in [4.78, 5) is 38.5. The van der Waals surface area contributed by atoms with E-state index in [1.165, 1.54) is 159 Å². The number of amides is 1. The van der Waals surface area contributed by atoms with E-state index >= 15 is 0 Å². The van der Waals surface area contributed by atoms with Crippen LogP contribution >= 0.6 is 0 Å². The molecule has 0 aromatic heterocycles. The van der Waals surface area contributed by atoms with Gasteiger partial charge in [0.05, 0.1) is 19.7 Å². The number of ether oxygens (including phenoxy) is 2. The first kappa shape index (κ1) is 49.3. The van der Waals surface area contributed by atoms with Crippen LogP contribution in [0.4, 0.5) is 0 Å². The number of aliphatic hydroxyl groups excluding tert-OH is 1. The minimum Gasteiger partial charge on any atom is -0.464 e. The van der Waals surface area contributed by atoms with Gasteiger partial charge in [-0.25, -0.2) is 0 Å². The Hall–Kier alpha value is -1.67. The van der Waals surface area contributed by atoms with Crippen molar-refractivity contribution in [2.75, 3.05) is 32.9 Å². The van der Waals surface area contributed by atoms with Gasteiger partial charge in [0.2, 0.25) is 5.91 Å². The van der Waals surface area contributed by atoms with Gasteiger partial charge in [-0.05, 0) is 12.8 Å². The van der Waals surface area contributed by atoms with E-state index in [-0.39, 0.29) is 38.2 Å². The van der Waals surface area contributed by atoms with E-state index in [4.69, 9.17) is 15.2 Å². The number of carbonyl (C=O) groups is 3. The van der Waals surface area contributed by atoms with Crippen molar-refractivity contribution >= 4 is 17.8 Å². The summed E-state index contributed by atoms with van der Waals surface area (Å²) < 4.78 is 10.8. The maximum absolute atomic E-state index is 12.6. The first-order valence-electron chi connectivity index (χ1n) is 21.9. The first-order valence-corrected chi connectivity index (χ1v) is 21.9. The van der Waals surface area contributed by atoms with Crippen molar-refractivity contribution in [1.82, 2.24) is 4.90 Å². The third kappa shape index (κ3) is 35.1. The first-order chi connectivity index (χ1) is 25.0. The molecule has 8 heteroatoms. The minimum atomic E-state index is -1.06. The molecule has 1 unspecified atom stereocenters. The Morgan fingerprint density at radius 1 is 0.471 bits per heavy atom. The summed E-state index contributed by atoms with van der Waals surface area (Å²) in [6.07, 6.45) is 39.0. The molecule has 0 aliphatic rings. The molecule has 0 aromatic rings. The van der Waals surface area contributed by atoms with Crippen LogP contribution in [0, 0.1) is 0 Å². The lowest BCUT2D eigenvalue weighted by Gasteiger charge is -2.24. The van der Waals surface area contributed by atoms with Crippen LogP contribution in [0.25, 0.3) is 0 Å².